The lowest BCUT2D eigenvalue weighted by Gasteiger charge is -2.12. The van der Waals surface area contributed by atoms with Crippen LogP contribution in [0.15, 0.2) is 41.5 Å². The van der Waals surface area contributed by atoms with Gasteiger partial charge in [-0.25, -0.2) is 5.43 Å². The molecule has 1 heterocycles. The van der Waals surface area contributed by atoms with Crippen LogP contribution in [0.2, 0.25) is 0 Å². The van der Waals surface area contributed by atoms with Gasteiger partial charge in [0.2, 0.25) is 5.75 Å². The van der Waals surface area contributed by atoms with Crippen molar-refractivity contribution in [3.05, 3.63) is 47.7 Å². The number of rotatable bonds is 6. The molecule has 1 aromatic heterocycles. The van der Waals surface area contributed by atoms with Crippen molar-refractivity contribution in [2.75, 3.05) is 21.3 Å². The molecular weight excluding hydrogens is 350 g/mol. The lowest BCUT2D eigenvalue weighted by Crippen LogP contribution is -2.17. The van der Waals surface area contributed by atoms with Gasteiger partial charge in [-0.05, 0) is 18.2 Å². The Morgan fingerprint density at radius 3 is 2.52 bits per heavy atom. The van der Waals surface area contributed by atoms with Crippen molar-refractivity contribution in [2.45, 2.75) is 0 Å². The number of aromatic amines is 1. The number of hydrogen-bond acceptors (Lipinski definition) is 6. The average Bonchev–Trinajstić information content (AvgIpc) is 3.11. The first-order chi connectivity index (χ1) is 13.1. The molecule has 0 fully saturated rings. The standard InChI is InChI=1S/C19H19N3O5/c1-25-16-9-13-12(17(26-2)18(16)27-3)8-14(21-13)19(24)22-20-10-11-6-4-5-7-15(11)23/h4-10,21,23H,1-3H3,(H,22,24)/b20-10-. The Kier molecular flexibility index (Phi) is 5.16. The van der Waals surface area contributed by atoms with Crippen LogP contribution in [0.25, 0.3) is 10.9 Å². The van der Waals surface area contributed by atoms with Crippen molar-refractivity contribution in [2.24, 2.45) is 5.10 Å². The number of para-hydroxylation sites is 1. The van der Waals surface area contributed by atoms with Gasteiger partial charge in [-0.1, -0.05) is 12.1 Å². The SMILES string of the molecule is COc1cc2[nH]c(C(=O)N/N=C\c3ccccc3O)cc2c(OC)c1OC. The first-order valence-electron chi connectivity index (χ1n) is 8.02. The predicted octanol–water partition coefficient (Wildman–Crippen LogP) is 2.66. The molecule has 0 bridgehead atoms. The number of phenols is 1. The summed E-state index contributed by atoms with van der Waals surface area (Å²) in [4.78, 5) is 15.4. The van der Waals surface area contributed by atoms with Crippen LogP contribution < -0.4 is 19.6 Å². The topological polar surface area (TPSA) is 105 Å². The summed E-state index contributed by atoms with van der Waals surface area (Å²) in [6.45, 7) is 0. The molecule has 3 rings (SSSR count). The number of fused-ring (bicyclic) bond motifs is 1. The fraction of sp³-hybridized carbons (Fsp3) is 0.158. The summed E-state index contributed by atoms with van der Waals surface area (Å²) in [6.07, 6.45) is 1.36. The minimum absolute atomic E-state index is 0.0741. The van der Waals surface area contributed by atoms with E-state index in [1.165, 1.54) is 33.6 Å². The van der Waals surface area contributed by atoms with E-state index in [1.807, 2.05) is 0 Å². The first-order valence-corrected chi connectivity index (χ1v) is 8.02. The molecule has 0 atom stereocenters. The number of phenolic OH excluding ortho intramolecular Hbond substituents is 1. The highest BCUT2D eigenvalue weighted by Gasteiger charge is 2.19. The number of nitrogens with zero attached hydrogens (tertiary/aromatic N) is 1. The van der Waals surface area contributed by atoms with Crippen LogP contribution >= 0.6 is 0 Å². The molecular formula is C19H19N3O5. The third-order valence-electron chi connectivity index (χ3n) is 3.98. The monoisotopic (exact) mass is 369 g/mol. The molecule has 0 saturated carbocycles. The van der Waals surface area contributed by atoms with Gasteiger partial charge in [0.15, 0.2) is 11.5 Å². The third-order valence-corrected chi connectivity index (χ3v) is 3.98. The fourth-order valence-electron chi connectivity index (χ4n) is 2.69. The van der Waals surface area contributed by atoms with Gasteiger partial charge in [0, 0.05) is 17.0 Å². The molecule has 0 spiro atoms. The van der Waals surface area contributed by atoms with Gasteiger partial charge in [-0.3, -0.25) is 4.79 Å². The van der Waals surface area contributed by atoms with Crippen LogP contribution in [-0.4, -0.2) is 43.5 Å². The van der Waals surface area contributed by atoms with Crippen molar-refractivity contribution < 1.29 is 24.1 Å². The van der Waals surface area contributed by atoms with Crippen molar-refractivity contribution >= 4 is 23.0 Å². The van der Waals surface area contributed by atoms with Crippen molar-refractivity contribution in [3.63, 3.8) is 0 Å². The summed E-state index contributed by atoms with van der Waals surface area (Å²) in [5.74, 6) is 1.01. The quantitative estimate of drug-likeness (QED) is 0.458. The van der Waals surface area contributed by atoms with E-state index in [1.54, 1.807) is 30.3 Å². The molecule has 8 nitrogen and oxygen atoms in total. The second kappa shape index (κ2) is 7.69. The summed E-state index contributed by atoms with van der Waals surface area (Å²) in [7, 11) is 4.55. The van der Waals surface area contributed by atoms with Crippen LogP contribution in [0.3, 0.4) is 0 Å². The molecule has 0 aliphatic heterocycles. The molecule has 0 aliphatic rings. The second-order valence-electron chi connectivity index (χ2n) is 5.55. The molecule has 27 heavy (non-hydrogen) atoms. The second-order valence-corrected chi connectivity index (χ2v) is 5.55. The van der Waals surface area contributed by atoms with Crippen LogP contribution in [0.5, 0.6) is 23.0 Å². The van der Waals surface area contributed by atoms with E-state index in [4.69, 9.17) is 14.2 Å². The van der Waals surface area contributed by atoms with Gasteiger partial charge < -0.3 is 24.3 Å². The number of ether oxygens (including phenoxy) is 3. The summed E-state index contributed by atoms with van der Waals surface area (Å²) >= 11 is 0. The van der Waals surface area contributed by atoms with E-state index in [0.29, 0.717) is 33.7 Å². The summed E-state index contributed by atoms with van der Waals surface area (Å²) in [6, 6.07) is 10.0. The van der Waals surface area contributed by atoms with Gasteiger partial charge in [0.1, 0.15) is 11.4 Å². The molecule has 8 heteroatoms. The van der Waals surface area contributed by atoms with Gasteiger partial charge >= 0.3 is 0 Å². The highest BCUT2D eigenvalue weighted by atomic mass is 16.5. The first kappa shape index (κ1) is 18.1. The number of H-pyrrole nitrogens is 1. The maximum Gasteiger partial charge on any atom is 0.287 e. The number of hydrogen-bond donors (Lipinski definition) is 3. The van der Waals surface area contributed by atoms with Crippen LogP contribution in [0, 0.1) is 0 Å². The molecule has 0 aliphatic carbocycles. The van der Waals surface area contributed by atoms with E-state index in [0.717, 1.165) is 0 Å². The number of aromatic nitrogens is 1. The van der Waals surface area contributed by atoms with E-state index >= 15 is 0 Å². The zero-order chi connectivity index (χ0) is 19.4. The molecule has 140 valence electrons. The lowest BCUT2D eigenvalue weighted by atomic mass is 10.2. The number of aromatic hydroxyl groups is 1. The minimum Gasteiger partial charge on any atom is -0.507 e. The van der Waals surface area contributed by atoms with E-state index in [2.05, 4.69) is 15.5 Å². The number of benzene rings is 2. The lowest BCUT2D eigenvalue weighted by molar-refractivity contribution is 0.0951. The third kappa shape index (κ3) is 3.50. The Balaban J connectivity index is 1.88. The number of hydrazone groups is 1. The number of methoxy groups -OCH3 is 3. The largest absolute Gasteiger partial charge is 0.507 e. The van der Waals surface area contributed by atoms with E-state index < -0.39 is 5.91 Å². The van der Waals surface area contributed by atoms with Gasteiger partial charge in [0.25, 0.3) is 5.91 Å². The maximum absolute atomic E-state index is 12.4. The molecule has 2 aromatic carbocycles. The molecule has 0 saturated heterocycles. The molecule has 0 radical (unpaired) electrons. The molecule has 0 unspecified atom stereocenters. The smallest absolute Gasteiger partial charge is 0.287 e. The maximum atomic E-state index is 12.4. The van der Waals surface area contributed by atoms with Gasteiger partial charge in [-0.2, -0.15) is 5.10 Å². The Bertz CT molecular complexity index is 1010. The van der Waals surface area contributed by atoms with Gasteiger partial charge in [-0.15, -0.1) is 0 Å². The normalized spacial score (nSPS) is 10.9. The van der Waals surface area contributed by atoms with Crippen molar-refractivity contribution in [1.29, 1.82) is 0 Å². The number of amides is 1. The molecule has 1 amide bonds. The predicted molar refractivity (Wildman–Crippen MR) is 101 cm³/mol. The van der Waals surface area contributed by atoms with Crippen LogP contribution in [0.4, 0.5) is 0 Å². The van der Waals surface area contributed by atoms with Crippen molar-refractivity contribution in [1.82, 2.24) is 10.4 Å². The van der Waals surface area contributed by atoms with Gasteiger partial charge in [0.05, 0.1) is 33.1 Å². The summed E-state index contributed by atoms with van der Waals surface area (Å²) < 4.78 is 16.1. The highest BCUT2D eigenvalue weighted by Crippen LogP contribution is 2.43. The van der Waals surface area contributed by atoms with Crippen molar-refractivity contribution in [3.8, 4) is 23.0 Å². The number of carbonyl (C=O) groups excluding carboxylic acids is 1. The fourth-order valence-corrected chi connectivity index (χ4v) is 2.69. The summed E-state index contributed by atoms with van der Waals surface area (Å²) in [5, 5.41) is 14.2. The zero-order valence-electron chi connectivity index (χ0n) is 15.1. The number of nitrogens with one attached hydrogen (secondary N) is 2. The number of carbonyl (C=O) groups is 1. The van der Waals surface area contributed by atoms with E-state index in [9.17, 15) is 9.90 Å². The Morgan fingerprint density at radius 2 is 1.85 bits per heavy atom. The summed E-state index contributed by atoms with van der Waals surface area (Å²) in [5.41, 5.74) is 3.84. The zero-order valence-corrected chi connectivity index (χ0v) is 15.1. The van der Waals surface area contributed by atoms with Crippen LogP contribution in [-0.2, 0) is 0 Å². The van der Waals surface area contributed by atoms with E-state index in [-0.39, 0.29) is 11.4 Å². The Morgan fingerprint density at radius 1 is 1.11 bits per heavy atom. The highest BCUT2D eigenvalue weighted by molar-refractivity contribution is 6.01. The average molecular weight is 369 g/mol. The Labute approximate surface area is 155 Å². The minimum atomic E-state index is -0.446. The molecule has 3 aromatic rings. The Hall–Kier alpha value is -3.68. The van der Waals surface area contributed by atoms with Crippen LogP contribution in [0.1, 0.15) is 16.1 Å². The molecule has 3 N–H and O–H groups in total.